The van der Waals surface area contributed by atoms with Crippen LogP contribution in [0.25, 0.3) is 11.0 Å². The monoisotopic (exact) mass is 424 g/mol. The second-order valence-electron chi connectivity index (χ2n) is 8.22. The number of benzene rings is 1. The van der Waals surface area contributed by atoms with Crippen LogP contribution in [0, 0.1) is 19.8 Å². The van der Waals surface area contributed by atoms with Gasteiger partial charge in [0.15, 0.2) is 5.65 Å². The molecule has 31 heavy (non-hydrogen) atoms. The number of hydrogen-bond acceptors (Lipinski definition) is 5. The van der Waals surface area contributed by atoms with Crippen LogP contribution in [-0.2, 0) is 24.8 Å². The highest BCUT2D eigenvalue weighted by atomic mass is 16.5. The highest BCUT2D eigenvalue weighted by molar-refractivity contribution is 5.86. The van der Waals surface area contributed by atoms with Crippen LogP contribution in [0.2, 0.25) is 0 Å². The van der Waals surface area contributed by atoms with Gasteiger partial charge in [-0.3, -0.25) is 4.79 Å². The number of hydrogen-bond donors (Lipinski definition) is 1. The summed E-state index contributed by atoms with van der Waals surface area (Å²) in [7, 11) is 3.46. The van der Waals surface area contributed by atoms with Crippen molar-refractivity contribution in [3.05, 3.63) is 46.6 Å². The number of rotatable bonds is 9. The number of fused-ring (bicyclic) bond motifs is 1. The minimum atomic E-state index is -0.00397. The van der Waals surface area contributed by atoms with E-state index in [-0.39, 0.29) is 5.91 Å². The van der Waals surface area contributed by atoms with Crippen molar-refractivity contribution in [1.82, 2.24) is 20.1 Å². The first-order valence-corrected chi connectivity index (χ1v) is 10.7. The maximum Gasteiger partial charge on any atom is 0.242 e. The standard InChI is InChI=1S/C24H32N4O3/c1-15(2)14-31-20-10-8-7-9-18(20)13-25-21(29)12-11-19-16(3)22-23(26-17(19)4)28(5)27-24(22)30-6/h7-10,15H,11-14H2,1-6H3,(H,25,29). The number of nitrogens with zero attached hydrogens (tertiary/aromatic N) is 3. The van der Waals surface area contributed by atoms with Crippen LogP contribution in [0.1, 0.15) is 42.7 Å². The van der Waals surface area contributed by atoms with Crippen molar-refractivity contribution in [3.63, 3.8) is 0 Å². The summed E-state index contributed by atoms with van der Waals surface area (Å²) in [5, 5.41) is 8.31. The van der Waals surface area contributed by atoms with Crippen molar-refractivity contribution in [2.24, 2.45) is 13.0 Å². The molecule has 0 saturated heterocycles. The lowest BCUT2D eigenvalue weighted by Crippen LogP contribution is -2.23. The topological polar surface area (TPSA) is 78.3 Å². The van der Waals surface area contributed by atoms with E-state index in [9.17, 15) is 4.79 Å². The van der Waals surface area contributed by atoms with Crippen LogP contribution in [0.4, 0.5) is 0 Å². The van der Waals surface area contributed by atoms with E-state index in [0.717, 1.165) is 39.2 Å². The van der Waals surface area contributed by atoms with Crippen LogP contribution in [0.15, 0.2) is 24.3 Å². The summed E-state index contributed by atoms with van der Waals surface area (Å²) in [4.78, 5) is 17.3. The van der Waals surface area contributed by atoms with Crippen LogP contribution in [0.5, 0.6) is 11.6 Å². The zero-order chi connectivity index (χ0) is 22.5. The first-order valence-electron chi connectivity index (χ1n) is 10.7. The van der Waals surface area contributed by atoms with E-state index in [1.165, 1.54) is 0 Å². The van der Waals surface area contributed by atoms with E-state index < -0.39 is 0 Å². The molecule has 0 saturated carbocycles. The van der Waals surface area contributed by atoms with Gasteiger partial charge in [0.2, 0.25) is 11.8 Å². The Bertz CT molecular complexity index is 1070. The summed E-state index contributed by atoms with van der Waals surface area (Å²) >= 11 is 0. The predicted molar refractivity (Wildman–Crippen MR) is 121 cm³/mol. The second-order valence-corrected chi connectivity index (χ2v) is 8.22. The zero-order valence-electron chi connectivity index (χ0n) is 19.3. The number of nitrogens with one attached hydrogen (secondary N) is 1. The van der Waals surface area contributed by atoms with E-state index in [0.29, 0.717) is 37.8 Å². The summed E-state index contributed by atoms with van der Waals surface area (Å²) in [5.41, 5.74) is 4.81. The van der Waals surface area contributed by atoms with Crippen molar-refractivity contribution >= 4 is 16.9 Å². The van der Waals surface area contributed by atoms with E-state index in [1.54, 1.807) is 11.8 Å². The van der Waals surface area contributed by atoms with Crippen molar-refractivity contribution in [2.75, 3.05) is 13.7 Å². The highest BCUT2D eigenvalue weighted by Crippen LogP contribution is 2.30. The van der Waals surface area contributed by atoms with E-state index in [1.807, 2.05) is 45.2 Å². The Morgan fingerprint density at radius 2 is 1.97 bits per heavy atom. The van der Waals surface area contributed by atoms with Gasteiger partial charge in [-0.15, -0.1) is 5.10 Å². The average molecular weight is 425 g/mol. The smallest absolute Gasteiger partial charge is 0.242 e. The number of pyridine rings is 1. The van der Waals surface area contributed by atoms with Gasteiger partial charge in [0.1, 0.15) is 5.75 Å². The molecule has 166 valence electrons. The van der Waals surface area contributed by atoms with Gasteiger partial charge in [0, 0.05) is 31.3 Å². The number of methoxy groups -OCH3 is 1. The largest absolute Gasteiger partial charge is 0.493 e. The molecule has 0 fully saturated rings. The summed E-state index contributed by atoms with van der Waals surface area (Å²) in [6.07, 6.45) is 0.989. The molecule has 1 amide bonds. The highest BCUT2D eigenvalue weighted by Gasteiger charge is 2.18. The van der Waals surface area contributed by atoms with Gasteiger partial charge in [-0.05, 0) is 43.4 Å². The third-order valence-electron chi connectivity index (χ3n) is 5.34. The molecular formula is C24H32N4O3. The molecule has 1 aromatic carbocycles. The number of amides is 1. The first-order chi connectivity index (χ1) is 14.8. The Hall–Kier alpha value is -3.09. The minimum Gasteiger partial charge on any atom is -0.493 e. The average Bonchev–Trinajstić information content (AvgIpc) is 3.06. The maximum absolute atomic E-state index is 12.6. The molecule has 7 nitrogen and oxygen atoms in total. The lowest BCUT2D eigenvalue weighted by molar-refractivity contribution is -0.121. The maximum atomic E-state index is 12.6. The molecule has 0 aliphatic carbocycles. The molecule has 0 aliphatic rings. The molecule has 3 rings (SSSR count). The van der Waals surface area contributed by atoms with Gasteiger partial charge in [-0.25, -0.2) is 9.67 Å². The lowest BCUT2D eigenvalue weighted by Gasteiger charge is -2.14. The van der Waals surface area contributed by atoms with Crippen molar-refractivity contribution in [3.8, 4) is 11.6 Å². The molecule has 0 aliphatic heterocycles. The third kappa shape index (κ3) is 5.16. The zero-order valence-corrected chi connectivity index (χ0v) is 19.3. The Balaban J connectivity index is 1.66. The van der Waals surface area contributed by atoms with E-state index in [2.05, 4.69) is 24.3 Å². The van der Waals surface area contributed by atoms with Gasteiger partial charge < -0.3 is 14.8 Å². The third-order valence-corrected chi connectivity index (χ3v) is 5.34. The Kier molecular flexibility index (Phi) is 7.15. The number of carbonyl (C=O) groups is 1. The number of para-hydroxylation sites is 1. The second kappa shape index (κ2) is 9.81. The lowest BCUT2D eigenvalue weighted by atomic mass is 10.00. The van der Waals surface area contributed by atoms with Crippen LogP contribution < -0.4 is 14.8 Å². The molecule has 0 unspecified atom stereocenters. The Labute approximate surface area is 183 Å². The quantitative estimate of drug-likeness (QED) is 0.564. The predicted octanol–water partition coefficient (Wildman–Crippen LogP) is 3.88. The molecule has 0 spiro atoms. The molecular weight excluding hydrogens is 392 g/mol. The summed E-state index contributed by atoms with van der Waals surface area (Å²) in [6.45, 7) is 9.33. The van der Waals surface area contributed by atoms with Crippen LogP contribution in [-0.4, -0.2) is 34.4 Å². The molecule has 0 atom stereocenters. The first kappa shape index (κ1) is 22.6. The van der Waals surface area contributed by atoms with Gasteiger partial charge in [0.25, 0.3) is 0 Å². The minimum absolute atomic E-state index is 0.00397. The number of ether oxygens (including phenoxy) is 2. The Morgan fingerprint density at radius 1 is 1.23 bits per heavy atom. The Morgan fingerprint density at radius 3 is 2.68 bits per heavy atom. The molecule has 7 heteroatoms. The normalized spacial score (nSPS) is 11.2. The fourth-order valence-electron chi connectivity index (χ4n) is 3.68. The van der Waals surface area contributed by atoms with Crippen molar-refractivity contribution in [2.45, 2.75) is 47.1 Å². The summed E-state index contributed by atoms with van der Waals surface area (Å²) in [5.74, 6) is 1.82. The van der Waals surface area contributed by atoms with Crippen molar-refractivity contribution in [1.29, 1.82) is 0 Å². The van der Waals surface area contributed by atoms with Gasteiger partial charge in [-0.1, -0.05) is 32.0 Å². The number of aryl methyl sites for hydroxylation is 3. The van der Waals surface area contributed by atoms with Crippen LogP contribution >= 0.6 is 0 Å². The number of carbonyl (C=O) groups excluding carboxylic acids is 1. The fourth-order valence-corrected chi connectivity index (χ4v) is 3.68. The van der Waals surface area contributed by atoms with E-state index >= 15 is 0 Å². The molecule has 3 aromatic rings. The van der Waals surface area contributed by atoms with E-state index in [4.69, 9.17) is 14.5 Å². The van der Waals surface area contributed by atoms with Crippen LogP contribution in [0.3, 0.4) is 0 Å². The molecule has 0 bridgehead atoms. The SMILES string of the molecule is COc1nn(C)c2nc(C)c(CCC(=O)NCc3ccccc3OCC(C)C)c(C)c12. The van der Waals surface area contributed by atoms with Crippen molar-refractivity contribution < 1.29 is 14.3 Å². The van der Waals surface area contributed by atoms with Gasteiger partial charge in [-0.2, -0.15) is 0 Å². The van der Waals surface area contributed by atoms with Gasteiger partial charge in [0.05, 0.1) is 19.1 Å². The molecule has 1 N–H and O–H groups in total. The summed E-state index contributed by atoms with van der Waals surface area (Å²) in [6, 6.07) is 7.83. The summed E-state index contributed by atoms with van der Waals surface area (Å²) < 4.78 is 13.0. The van der Waals surface area contributed by atoms with Gasteiger partial charge >= 0.3 is 0 Å². The molecule has 2 aromatic heterocycles. The molecule has 0 radical (unpaired) electrons. The molecule has 2 heterocycles. The fraction of sp³-hybridized carbons (Fsp3) is 0.458. The number of aromatic nitrogens is 3.